The third kappa shape index (κ3) is 3.87. The molecule has 7 heteroatoms. The van der Waals surface area contributed by atoms with Crippen molar-refractivity contribution in [3.05, 3.63) is 40.7 Å². The average Bonchev–Trinajstić information content (AvgIpc) is 3.27. The van der Waals surface area contributed by atoms with Crippen LogP contribution in [-0.2, 0) is 9.53 Å². The van der Waals surface area contributed by atoms with Crippen molar-refractivity contribution < 1.29 is 14.3 Å². The smallest absolute Gasteiger partial charge is 0.361 e. The number of carbonyl (C=O) groups is 2. The Bertz CT molecular complexity index is 824. The molecule has 1 heterocycles. The summed E-state index contributed by atoms with van der Waals surface area (Å²) < 4.78 is 5.24. The van der Waals surface area contributed by atoms with Crippen LogP contribution in [-0.4, -0.2) is 39.0 Å². The maximum Gasteiger partial charge on any atom is 0.361 e. The van der Waals surface area contributed by atoms with Crippen LogP contribution in [0, 0.1) is 20.8 Å². The standard InChI is InChI=1S/C18H22N4O3/c1-10-5-8-15(11(2)9-10)22-20-12(3)16(21-22)18(24)25-13(4)17(23)19-14-6-7-14/h5,8-9,13-14H,6-7H2,1-4H3,(H,19,23)/t13-/m1/s1. The van der Waals surface area contributed by atoms with Gasteiger partial charge in [0.2, 0.25) is 0 Å². The third-order valence-electron chi connectivity index (χ3n) is 4.12. The zero-order valence-electron chi connectivity index (χ0n) is 14.9. The number of hydrogen-bond acceptors (Lipinski definition) is 5. The van der Waals surface area contributed by atoms with Crippen LogP contribution in [0.3, 0.4) is 0 Å². The molecule has 7 nitrogen and oxygen atoms in total. The first-order valence-electron chi connectivity index (χ1n) is 8.38. The first-order chi connectivity index (χ1) is 11.8. The van der Waals surface area contributed by atoms with E-state index in [0.717, 1.165) is 29.7 Å². The molecule has 1 aromatic carbocycles. The van der Waals surface area contributed by atoms with E-state index < -0.39 is 12.1 Å². The number of aromatic nitrogens is 3. The highest BCUT2D eigenvalue weighted by atomic mass is 16.5. The number of esters is 1. The second-order valence-corrected chi connectivity index (χ2v) is 6.54. The largest absolute Gasteiger partial charge is 0.448 e. The zero-order chi connectivity index (χ0) is 18.1. The van der Waals surface area contributed by atoms with E-state index in [1.807, 2.05) is 32.0 Å². The van der Waals surface area contributed by atoms with Crippen molar-refractivity contribution in [2.75, 3.05) is 0 Å². The number of rotatable bonds is 5. The second-order valence-electron chi connectivity index (χ2n) is 6.54. The first-order valence-corrected chi connectivity index (χ1v) is 8.38. The van der Waals surface area contributed by atoms with Gasteiger partial charge in [-0.2, -0.15) is 9.90 Å². The molecule has 0 aliphatic heterocycles. The summed E-state index contributed by atoms with van der Waals surface area (Å²) in [4.78, 5) is 25.7. The van der Waals surface area contributed by atoms with Gasteiger partial charge in [0.05, 0.1) is 11.4 Å². The van der Waals surface area contributed by atoms with E-state index >= 15 is 0 Å². The lowest BCUT2D eigenvalue weighted by Crippen LogP contribution is -2.37. The van der Waals surface area contributed by atoms with Crippen molar-refractivity contribution in [2.45, 2.75) is 52.7 Å². The minimum absolute atomic E-state index is 0.117. The Morgan fingerprint density at radius 2 is 1.96 bits per heavy atom. The van der Waals surface area contributed by atoms with E-state index in [0.29, 0.717) is 5.69 Å². The van der Waals surface area contributed by atoms with Crippen molar-refractivity contribution in [3.8, 4) is 5.69 Å². The Balaban J connectivity index is 1.74. The van der Waals surface area contributed by atoms with Crippen LogP contribution in [0.2, 0.25) is 0 Å². The molecular weight excluding hydrogens is 320 g/mol. The van der Waals surface area contributed by atoms with Crippen molar-refractivity contribution in [1.82, 2.24) is 20.3 Å². The van der Waals surface area contributed by atoms with Crippen molar-refractivity contribution in [2.24, 2.45) is 0 Å². The van der Waals surface area contributed by atoms with Gasteiger partial charge in [0.25, 0.3) is 5.91 Å². The van der Waals surface area contributed by atoms with E-state index in [1.54, 1.807) is 13.8 Å². The summed E-state index contributed by atoms with van der Waals surface area (Å²) in [5.74, 6) is -0.928. The maximum atomic E-state index is 12.3. The molecule has 1 aliphatic carbocycles. The summed E-state index contributed by atoms with van der Waals surface area (Å²) in [5, 5.41) is 11.4. The number of carbonyl (C=O) groups excluding carboxylic acids is 2. The summed E-state index contributed by atoms with van der Waals surface area (Å²) in [6.45, 7) is 7.22. The lowest BCUT2D eigenvalue weighted by molar-refractivity contribution is -0.129. The van der Waals surface area contributed by atoms with Gasteiger partial charge in [-0.25, -0.2) is 4.79 Å². The van der Waals surface area contributed by atoms with Crippen molar-refractivity contribution >= 4 is 11.9 Å². The molecule has 132 valence electrons. The molecule has 1 atom stereocenters. The molecule has 1 N–H and O–H groups in total. The quantitative estimate of drug-likeness (QED) is 0.840. The lowest BCUT2D eigenvalue weighted by Gasteiger charge is -2.12. The molecule has 2 aromatic rings. The minimum Gasteiger partial charge on any atom is -0.448 e. The number of nitrogens with one attached hydrogen (secondary N) is 1. The monoisotopic (exact) mass is 342 g/mol. The van der Waals surface area contributed by atoms with Gasteiger partial charge in [-0.15, -0.1) is 5.10 Å². The van der Waals surface area contributed by atoms with Gasteiger partial charge < -0.3 is 10.1 Å². The highest BCUT2D eigenvalue weighted by molar-refractivity contribution is 5.91. The molecule has 1 amide bonds. The molecule has 1 aliphatic rings. The number of nitrogens with zero attached hydrogens (tertiary/aromatic N) is 3. The molecule has 0 saturated heterocycles. The molecule has 0 bridgehead atoms. The normalized spacial score (nSPS) is 14.9. The fraction of sp³-hybridized carbons (Fsp3) is 0.444. The predicted octanol–water partition coefficient (Wildman–Crippen LogP) is 2.02. The molecule has 1 aromatic heterocycles. The maximum absolute atomic E-state index is 12.3. The molecular formula is C18H22N4O3. The third-order valence-corrected chi connectivity index (χ3v) is 4.12. The SMILES string of the molecule is Cc1ccc(-n2nc(C)c(C(=O)O[C@H](C)C(=O)NC3CC3)n2)c(C)c1. The van der Waals surface area contributed by atoms with E-state index in [2.05, 4.69) is 15.5 Å². The van der Waals surface area contributed by atoms with Crippen LogP contribution in [0.1, 0.15) is 47.1 Å². The van der Waals surface area contributed by atoms with Gasteiger partial charge in [0, 0.05) is 6.04 Å². The highest BCUT2D eigenvalue weighted by Gasteiger charge is 2.28. The highest BCUT2D eigenvalue weighted by Crippen LogP contribution is 2.19. The van der Waals surface area contributed by atoms with Crippen LogP contribution >= 0.6 is 0 Å². The van der Waals surface area contributed by atoms with Crippen LogP contribution < -0.4 is 5.32 Å². The summed E-state index contributed by atoms with van der Waals surface area (Å²) >= 11 is 0. The Morgan fingerprint density at radius 1 is 1.24 bits per heavy atom. The van der Waals surface area contributed by atoms with Crippen LogP contribution in [0.15, 0.2) is 18.2 Å². The molecule has 25 heavy (non-hydrogen) atoms. The van der Waals surface area contributed by atoms with E-state index in [9.17, 15) is 9.59 Å². The topological polar surface area (TPSA) is 86.1 Å². The van der Waals surface area contributed by atoms with Gasteiger partial charge in [0.1, 0.15) is 0 Å². The number of amides is 1. The predicted molar refractivity (Wildman–Crippen MR) is 91.6 cm³/mol. The Morgan fingerprint density at radius 3 is 2.60 bits per heavy atom. The average molecular weight is 342 g/mol. The van der Waals surface area contributed by atoms with Gasteiger partial charge in [-0.3, -0.25) is 4.79 Å². The van der Waals surface area contributed by atoms with Gasteiger partial charge in [-0.05, 0) is 52.2 Å². The summed E-state index contributed by atoms with van der Waals surface area (Å²) in [7, 11) is 0. The van der Waals surface area contributed by atoms with E-state index in [1.165, 1.54) is 4.80 Å². The number of benzene rings is 1. The fourth-order valence-corrected chi connectivity index (χ4v) is 2.52. The van der Waals surface area contributed by atoms with Crippen molar-refractivity contribution in [1.29, 1.82) is 0 Å². The number of aryl methyl sites for hydroxylation is 3. The van der Waals surface area contributed by atoms with Crippen LogP contribution in [0.25, 0.3) is 5.69 Å². The van der Waals surface area contributed by atoms with E-state index in [4.69, 9.17) is 4.74 Å². The molecule has 0 radical (unpaired) electrons. The Hall–Kier alpha value is -2.70. The lowest BCUT2D eigenvalue weighted by atomic mass is 10.1. The van der Waals surface area contributed by atoms with Crippen LogP contribution in [0.5, 0.6) is 0 Å². The Labute approximate surface area is 146 Å². The molecule has 1 saturated carbocycles. The molecule has 0 spiro atoms. The number of hydrogen-bond donors (Lipinski definition) is 1. The molecule has 0 unspecified atom stereocenters. The van der Waals surface area contributed by atoms with Gasteiger partial charge in [0.15, 0.2) is 11.8 Å². The summed E-state index contributed by atoms with van der Waals surface area (Å²) in [6.07, 6.45) is 1.10. The number of ether oxygens (including phenoxy) is 1. The molecule has 3 rings (SSSR count). The summed E-state index contributed by atoms with van der Waals surface area (Å²) in [5.41, 5.74) is 3.52. The van der Waals surface area contributed by atoms with Gasteiger partial charge >= 0.3 is 5.97 Å². The van der Waals surface area contributed by atoms with Gasteiger partial charge in [-0.1, -0.05) is 17.7 Å². The first kappa shape index (κ1) is 17.1. The van der Waals surface area contributed by atoms with Crippen molar-refractivity contribution in [3.63, 3.8) is 0 Å². The second kappa shape index (κ2) is 6.66. The van der Waals surface area contributed by atoms with Crippen LogP contribution in [0.4, 0.5) is 0 Å². The molecule has 1 fully saturated rings. The zero-order valence-corrected chi connectivity index (χ0v) is 14.9. The fourth-order valence-electron chi connectivity index (χ4n) is 2.52. The minimum atomic E-state index is -0.862. The summed E-state index contributed by atoms with van der Waals surface area (Å²) in [6, 6.07) is 6.12. The van der Waals surface area contributed by atoms with E-state index in [-0.39, 0.29) is 17.6 Å². The Kier molecular flexibility index (Phi) is 4.57.